The van der Waals surface area contributed by atoms with Crippen LogP contribution in [-0.2, 0) is 20.9 Å². The van der Waals surface area contributed by atoms with Crippen molar-refractivity contribution in [2.75, 3.05) is 11.9 Å². The molecular formula is C26H35N3O5. The summed E-state index contributed by atoms with van der Waals surface area (Å²) >= 11 is 0. The number of hydrogen-bond donors (Lipinski definition) is 3. The molecule has 0 aromatic heterocycles. The first-order valence-electron chi connectivity index (χ1n) is 11.3. The van der Waals surface area contributed by atoms with Gasteiger partial charge < -0.3 is 25.4 Å². The van der Waals surface area contributed by atoms with E-state index in [4.69, 9.17) is 9.47 Å². The molecule has 184 valence electrons. The molecule has 8 heteroatoms. The third-order valence-corrected chi connectivity index (χ3v) is 4.69. The van der Waals surface area contributed by atoms with E-state index in [0.29, 0.717) is 11.4 Å². The van der Waals surface area contributed by atoms with E-state index in [0.717, 1.165) is 11.1 Å². The summed E-state index contributed by atoms with van der Waals surface area (Å²) < 4.78 is 11.0. The number of ether oxygens (including phenoxy) is 2. The lowest BCUT2D eigenvalue weighted by Gasteiger charge is -2.19. The van der Waals surface area contributed by atoms with E-state index >= 15 is 0 Å². The molecule has 1 unspecified atom stereocenters. The predicted molar refractivity (Wildman–Crippen MR) is 132 cm³/mol. The van der Waals surface area contributed by atoms with E-state index in [1.54, 1.807) is 45.9 Å². The van der Waals surface area contributed by atoms with Crippen LogP contribution in [0.15, 0.2) is 48.5 Å². The summed E-state index contributed by atoms with van der Waals surface area (Å²) in [5.74, 6) is 0.335. The van der Waals surface area contributed by atoms with Crippen LogP contribution in [0.25, 0.3) is 0 Å². The maximum Gasteiger partial charge on any atom is 0.408 e. The zero-order valence-corrected chi connectivity index (χ0v) is 20.7. The third kappa shape index (κ3) is 9.13. The Labute approximate surface area is 201 Å². The molecular weight excluding hydrogens is 434 g/mol. The van der Waals surface area contributed by atoms with Crippen LogP contribution in [0.3, 0.4) is 0 Å². The fraction of sp³-hybridized carbons (Fsp3) is 0.423. The molecule has 0 bridgehead atoms. The number of carbonyl (C=O) groups is 3. The first-order chi connectivity index (χ1) is 15.9. The molecule has 0 saturated heterocycles. The summed E-state index contributed by atoms with van der Waals surface area (Å²) in [6.45, 7) is 11.1. The Hall–Kier alpha value is -3.55. The molecule has 0 spiro atoms. The summed E-state index contributed by atoms with van der Waals surface area (Å²) in [4.78, 5) is 36.3. The Morgan fingerprint density at radius 3 is 2.32 bits per heavy atom. The minimum atomic E-state index is -0.692. The SMILES string of the molecule is CC(Oc1ccccc1C(C)C)C(=O)Nc1cccc(CNC(=O)CNC(=O)OC(C)(C)C)c1. The summed E-state index contributed by atoms with van der Waals surface area (Å²) in [7, 11) is 0. The van der Waals surface area contributed by atoms with Crippen molar-refractivity contribution >= 4 is 23.6 Å². The molecule has 34 heavy (non-hydrogen) atoms. The highest BCUT2D eigenvalue weighted by molar-refractivity contribution is 5.94. The second kappa shape index (κ2) is 12.1. The first kappa shape index (κ1) is 26.7. The molecule has 8 nitrogen and oxygen atoms in total. The smallest absolute Gasteiger partial charge is 0.408 e. The minimum Gasteiger partial charge on any atom is -0.481 e. The van der Waals surface area contributed by atoms with E-state index in [1.165, 1.54) is 0 Å². The van der Waals surface area contributed by atoms with Crippen molar-refractivity contribution in [2.24, 2.45) is 0 Å². The molecule has 2 rings (SSSR count). The molecule has 0 heterocycles. The van der Waals surface area contributed by atoms with Crippen LogP contribution in [0.5, 0.6) is 5.75 Å². The third-order valence-electron chi connectivity index (χ3n) is 4.69. The van der Waals surface area contributed by atoms with Gasteiger partial charge in [0.15, 0.2) is 6.10 Å². The second-order valence-electron chi connectivity index (χ2n) is 9.27. The normalized spacial score (nSPS) is 12.0. The Morgan fingerprint density at radius 2 is 1.65 bits per heavy atom. The van der Waals surface area contributed by atoms with Crippen molar-refractivity contribution in [1.29, 1.82) is 0 Å². The van der Waals surface area contributed by atoms with E-state index in [1.807, 2.05) is 30.3 Å². The maximum absolute atomic E-state index is 12.7. The molecule has 0 saturated carbocycles. The zero-order chi connectivity index (χ0) is 25.3. The van der Waals surface area contributed by atoms with Gasteiger partial charge in [-0.15, -0.1) is 0 Å². The van der Waals surface area contributed by atoms with Crippen LogP contribution in [0.4, 0.5) is 10.5 Å². The molecule has 0 aliphatic heterocycles. The Morgan fingerprint density at radius 1 is 0.941 bits per heavy atom. The summed E-state index contributed by atoms with van der Waals surface area (Å²) in [5.41, 5.74) is 1.80. The van der Waals surface area contributed by atoms with Crippen molar-refractivity contribution < 1.29 is 23.9 Å². The number of amides is 3. The van der Waals surface area contributed by atoms with Crippen LogP contribution in [0, 0.1) is 0 Å². The van der Waals surface area contributed by atoms with Gasteiger partial charge in [-0.25, -0.2) is 4.79 Å². The number of alkyl carbamates (subject to hydrolysis) is 1. The maximum atomic E-state index is 12.7. The van der Waals surface area contributed by atoms with Crippen LogP contribution in [0.1, 0.15) is 58.6 Å². The molecule has 1 atom stereocenters. The van der Waals surface area contributed by atoms with E-state index in [9.17, 15) is 14.4 Å². The van der Waals surface area contributed by atoms with Gasteiger partial charge in [-0.1, -0.05) is 44.2 Å². The molecule has 3 N–H and O–H groups in total. The highest BCUT2D eigenvalue weighted by atomic mass is 16.6. The molecule has 2 aromatic carbocycles. The monoisotopic (exact) mass is 469 g/mol. The Balaban J connectivity index is 1.86. The average molecular weight is 470 g/mol. The minimum absolute atomic E-state index is 0.196. The topological polar surface area (TPSA) is 106 Å². The molecule has 3 amide bonds. The van der Waals surface area contributed by atoms with E-state index in [2.05, 4.69) is 29.8 Å². The fourth-order valence-corrected chi connectivity index (χ4v) is 3.04. The summed E-state index contributed by atoms with van der Waals surface area (Å²) in [6.07, 6.45) is -1.35. The predicted octanol–water partition coefficient (Wildman–Crippen LogP) is 4.36. The largest absolute Gasteiger partial charge is 0.481 e. The van der Waals surface area contributed by atoms with Crippen molar-refractivity contribution in [3.05, 3.63) is 59.7 Å². The van der Waals surface area contributed by atoms with Crippen LogP contribution >= 0.6 is 0 Å². The number of nitrogens with one attached hydrogen (secondary N) is 3. The van der Waals surface area contributed by atoms with Gasteiger partial charge in [0.1, 0.15) is 17.9 Å². The quantitative estimate of drug-likeness (QED) is 0.506. The van der Waals surface area contributed by atoms with Gasteiger partial charge in [0, 0.05) is 12.2 Å². The van der Waals surface area contributed by atoms with Gasteiger partial charge in [-0.05, 0) is 62.9 Å². The van der Waals surface area contributed by atoms with Crippen molar-refractivity contribution in [1.82, 2.24) is 10.6 Å². The highest BCUT2D eigenvalue weighted by Gasteiger charge is 2.18. The van der Waals surface area contributed by atoms with Gasteiger partial charge in [0.25, 0.3) is 5.91 Å². The fourth-order valence-electron chi connectivity index (χ4n) is 3.04. The van der Waals surface area contributed by atoms with Gasteiger partial charge in [-0.3, -0.25) is 9.59 Å². The molecule has 0 fully saturated rings. The number of anilines is 1. The number of rotatable bonds is 9. The Bertz CT molecular complexity index is 998. The molecule has 2 aromatic rings. The van der Waals surface area contributed by atoms with Gasteiger partial charge in [0.2, 0.25) is 5.91 Å². The molecule has 0 aliphatic carbocycles. The zero-order valence-electron chi connectivity index (χ0n) is 20.7. The van der Waals surface area contributed by atoms with Crippen LogP contribution < -0.4 is 20.7 Å². The van der Waals surface area contributed by atoms with Gasteiger partial charge in [-0.2, -0.15) is 0 Å². The average Bonchev–Trinajstić information content (AvgIpc) is 2.75. The lowest BCUT2D eigenvalue weighted by molar-refractivity contribution is -0.122. The Kier molecular flexibility index (Phi) is 9.47. The summed E-state index contributed by atoms with van der Waals surface area (Å²) in [5, 5.41) is 7.99. The molecule has 0 radical (unpaired) electrons. The van der Waals surface area contributed by atoms with Crippen LogP contribution in [0.2, 0.25) is 0 Å². The van der Waals surface area contributed by atoms with E-state index < -0.39 is 17.8 Å². The van der Waals surface area contributed by atoms with Crippen molar-refractivity contribution in [3.63, 3.8) is 0 Å². The molecule has 0 aliphatic rings. The number of benzene rings is 2. The summed E-state index contributed by atoms with van der Waals surface area (Å²) in [6, 6.07) is 14.8. The number of carbonyl (C=O) groups excluding carboxylic acids is 3. The lowest BCUT2D eigenvalue weighted by atomic mass is 10.0. The number of para-hydroxylation sites is 1. The van der Waals surface area contributed by atoms with Crippen LogP contribution in [-0.4, -0.2) is 36.2 Å². The second-order valence-corrected chi connectivity index (χ2v) is 9.27. The number of hydrogen-bond acceptors (Lipinski definition) is 5. The van der Waals surface area contributed by atoms with Gasteiger partial charge in [0.05, 0.1) is 0 Å². The standard InChI is InChI=1S/C26H35N3O5/c1-17(2)21-12-7-8-13-22(21)33-18(3)24(31)29-20-11-9-10-19(14-20)15-27-23(30)16-28-25(32)34-26(4,5)6/h7-14,17-18H,15-16H2,1-6H3,(H,27,30)(H,28,32)(H,29,31). The van der Waals surface area contributed by atoms with Crippen molar-refractivity contribution in [2.45, 2.75) is 65.7 Å². The van der Waals surface area contributed by atoms with Gasteiger partial charge >= 0.3 is 6.09 Å². The lowest BCUT2D eigenvalue weighted by Crippen LogP contribution is -2.39. The first-order valence-corrected chi connectivity index (χ1v) is 11.3. The van der Waals surface area contributed by atoms with E-state index in [-0.39, 0.29) is 30.8 Å². The van der Waals surface area contributed by atoms with Crippen molar-refractivity contribution in [3.8, 4) is 5.75 Å². The highest BCUT2D eigenvalue weighted by Crippen LogP contribution is 2.27.